The number of sulfonamides is 1. The van der Waals surface area contributed by atoms with Crippen LogP contribution in [-0.4, -0.2) is 51.9 Å². The fourth-order valence-electron chi connectivity index (χ4n) is 4.53. The highest BCUT2D eigenvalue weighted by Gasteiger charge is 2.26. The van der Waals surface area contributed by atoms with Crippen LogP contribution in [0.4, 0.5) is 15.8 Å². The van der Waals surface area contributed by atoms with Gasteiger partial charge in [-0.1, -0.05) is 28.1 Å². The van der Waals surface area contributed by atoms with Crippen molar-refractivity contribution in [3.8, 4) is 0 Å². The van der Waals surface area contributed by atoms with Crippen LogP contribution in [0.2, 0.25) is 0 Å². The number of anilines is 2. The van der Waals surface area contributed by atoms with E-state index in [1.165, 1.54) is 21.7 Å². The summed E-state index contributed by atoms with van der Waals surface area (Å²) in [5.41, 5.74) is 1.11. The van der Waals surface area contributed by atoms with E-state index in [9.17, 15) is 17.6 Å². The number of carbonyl (C=O) groups is 1. The lowest BCUT2D eigenvalue weighted by atomic mass is 10.2. The first-order chi connectivity index (χ1) is 17.8. The Morgan fingerprint density at radius 1 is 1.00 bits per heavy atom. The Morgan fingerprint density at radius 2 is 1.70 bits per heavy atom. The Balaban J connectivity index is 1.34. The SMILES string of the molecule is CCN(c1ccc2sc(C(=O)N3CCN(c4ccccc4F)CC3)cc2c1)S(=O)(=O)c1ccc(Br)cc1. The van der Waals surface area contributed by atoms with Crippen LogP contribution < -0.4 is 9.21 Å². The predicted octanol–water partition coefficient (Wildman–Crippen LogP) is 5.98. The number of amides is 1. The number of para-hydroxylation sites is 1. The smallest absolute Gasteiger partial charge is 0.264 e. The fourth-order valence-corrected chi connectivity index (χ4v) is 7.27. The minimum atomic E-state index is -3.74. The van der Waals surface area contributed by atoms with E-state index in [2.05, 4.69) is 15.9 Å². The number of nitrogens with zero attached hydrogens (tertiary/aromatic N) is 3. The molecule has 6 nitrogen and oxygen atoms in total. The highest BCUT2D eigenvalue weighted by Crippen LogP contribution is 2.33. The molecule has 0 spiro atoms. The van der Waals surface area contributed by atoms with Crippen molar-refractivity contribution in [2.24, 2.45) is 0 Å². The van der Waals surface area contributed by atoms with E-state index in [1.807, 2.05) is 29.2 Å². The van der Waals surface area contributed by atoms with Gasteiger partial charge in [0.1, 0.15) is 5.82 Å². The van der Waals surface area contributed by atoms with Gasteiger partial charge in [0, 0.05) is 41.9 Å². The van der Waals surface area contributed by atoms with Gasteiger partial charge in [0.15, 0.2) is 0 Å². The van der Waals surface area contributed by atoms with E-state index >= 15 is 0 Å². The molecule has 0 bridgehead atoms. The quantitative estimate of drug-likeness (QED) is 0.273. The van der Waals surface area contributed by atoms with E-state index in [0.717, 1.165) is 14.6 Å². The molecule has 0 unspecified atom stereocenters. The fraction of sp³-hybridized carbons (Fsp3) is 0.222. The second kappa shape index (κ2) is 10.4. The maximum atomic E-state index is 14.2. The molecule has 10 heteroatoms. The topological polar surface area (TPSA) is 60.9 Å². The minimum absolute atomic E-state index is 0.0641. The number of rotatable bonds is 6. The molecule has 0 aliphatic carbocycles. The molecule has 1 aliphatic rings. The second-order valence-corrected chi connectivity index (χ2v) is 12.5. The molecule has 5 rings (SSSR count). The first kappa shape index (κ1) is 25.7. The lowest BCUT2D eigenvalue weighted by Gasteiger charge is -2.36. The number of benzene rings is 3. The first-order valence-electron chi connectivity index (χ1n) is 11.9. The van der Waals surface area contributed by atoms with Gasteiger partial charge in [0.25, 0.3) is 15.9 Å². The van der Waals surface area contributed by atoms with Gasteiger partial charge in [-0.15, -0.1) is 11.3 Å². The summed E-state index contributed by atoms with van der Waals surface area (Å²) in [7, 11) is -3.74. The molecule has 4 aromatic rings. The van der Waals surface area contributed by atoms with E-state index in [-0.39, 0.29) is 23.2 Å². The largest absolute Gasteiger partial charge is 0.366 e. The third-order valence-electron chi connectivity index (χ3n) is 6.45. The van der Waals surface area contributed by atoms with Crippen molar-refractivity contribution in [2.45, 2.75) is 11.8 Å². The number of thiophene rings is 1. The Hall–Kier alpha value is -2.95. The van der Waals surface area contributed by atoms with Crippen LogP contribution in [0.25, 0.3) is 10.1 Å². The molecule has 2 heterocycles. The van der Waals surface area contributed by atoms with E-state index in [0.29, 0.717) is 42.4 Å². The Bertz CT molecular complexity index is 1550. The highest BCUT2D eigenvalue weighted by atomic mass is 79.9. The molecule has 0 N–H and O–H groups in total. The van der Waals surface area contributed by atoms with Crippen molar-refractivity contribution in [3.63, 3.8) is 0 Å². The second-order valence-electron chi connectivity index (χ2n) is 8.69. The van der Waals surface area contributed by atoms with E-state index in [4.69, 9.17) is 0 Å². The normalized spacial score (nSPS) is 14.2. The van der Waals surface area contributed by atoms with E-state index < -0.39 is 10.0 Å². The minimum Gasteiger partial charge on any atom is -0.366 e. The first-order valence-corrected chi connectivity index (χ1v) is 14.9. The van der Waals surface area contributed by atoms with Crippen molar-refractivity contribution in [1.82, 2.24) is 4.90 Å². The molecule has 37 heavy (non-hydrogen) atoms. The van der Waals surface area contributed by atoms with Gasteiger partial charge in [-0.05, 0) is 73.0 Å². The van der Waals surface area contributed by atoms with Crippen LogP contribution >= 0.6 is 27.3 Å². The number of halogens is 2. The lowest BCUT2D eigenvalue weighted by molar-refractivity contribution is 0.0751. The van der Waals surface area contributed by atoms with Crippen LogP contribution in [0.15, 0.2) is 82.2 Å². The van der Waals surface area contributed by atoms with Crippen LogP contribution in [0.5, 0.6) is 0 Å². The number of carbonyl (C=O) groups excluding carboxylic acids is 1. The average Bonchev–Trinajstić information content (AvgIpc) is 3.33. The summed E-state index contributed by atoms with van der Waals surface area (Å²) >= 11 is 4.74. The number of hydrogen-bond acceptors (Lipinski definition) is 5. The highest BCUT2D eigenvalue weighted by molar-refractivity contribution is 9.10. The molecular weight excluding hydrogens is 577 g/mol. The molecule has 0 saturated carbocycles. The molecule has 1 saturated heterocycles. The van der Waals surface area contributed by atoms with Gasteiger partial charge < -0.3 is 9.80 Å². The molecule has 0 radical (unpaired) electrons. The van der Waals surface area contributed by atoms with Crippen molar-refractivity contribution >= 4 is 64.7 Å². The molecular formula is C27H25BrFN3O3S2. The van der Waals surface area contributed by atoms with E-state index in [1.54, 1.807) is 54.3 Å². The molecule has 1 fully saturated rings. The molecule has 1 amide bonds. The third kappa shape index (κ3) is 5.10. The summed E-state index contributed by atoms with van der Waals surface area (Å²) in [6.45, 7) is 4.18. The maximum Gasteiger partial charge on any atom is 0.264 e. The Kier molecular flexibility index (Phi) is 7.24. The van der Waals surface area contributed by atoms with Gasteiger partial charge in [-0.25, -0.2) is 12.8 Å². The van der Waals surface area contributed by atoms with Crippen molar-refractivity contribution in [1.29, 1.82) is 0 Å². The molecule has 3 aromatic carbocycles. The van der Waals surface area contributed by atoms with Gasteiger partial charge in [0.2, 0.25) is 0 Å². The molecule has 1 aromatic heterocycles. The van der Waals surface area contributed by atoms with Crippen molar-refractivity contribution in [3.05, 3.63) is 88.0 Å². The summed E-state index contributed by atoms with van der Waals surface area (Å²) in [5, 5.41) is 0.820. The van der Waals surface area contributed by atoms with Crippen molar-refractivity contribution in [2.75, 3.05) is 41.9 Å². The van der Waals surface area contributed by atoms with Gasteiger partial charge in [0.05, 0.1) is 21.1 Å². The number of fused-ring (bicyclic) bond motifs is 1. The Labute approximate surface area is 228 Å². The molecule has 0 atom stereocenters. The van der Waals surface area contributed by atoms with Crippen LogP contribution in [-0.2, 0) is 10.0 Å². The van der Waals surface area contributed by atoms with Gasteiger partial charge >= 0.3 is 0 Å². The summed E-state index contributed by atoms with van der Waals surface area (Å²) in [4.78, 5) is 17.8. The molecule has 192 valence electrons. The lowest BCUT2D eigenvalue weighted by Crippen LogP contribution is -2.48. The summed E-state index contributed by atoms with van der Waals surface area (Å²) in [6.07, 6.45) is 0. The maximum absolute atomic E-state index is 14.2. The molecule has 1 aliphatic heterocycles. The third-order valence-corrected chi connectivity index (χ3v) is 10.00. The zero-order valence-electron chi connectivity index (χ0n) is 20.1. The van der Waals surface area contributed by atoms with Crippen LogP contribution in [0.1, 0.15) is 16.6 Å². The number of piperazine rings is 1. The van der Waals surface area contributed by atoms with Gasteiger partial charge in [-0.3, -0.25) is 9.10 Å². The summed E-state index contributed by atoms with van der Waals surface area (Å²) in [6, 6.07) is 20.5. The van der Waals surface area contributed by atoms with Crippen LogP contribution in [0, 0.1) is 5.82 Å². The number of hydrogen-bond donors (Lipinski definition) is 0. The predicted molar refractivity (Wildman–Crippen MR) is 151 cm³/mol. The zero-order valence-corrected chi connectivity index (χ0v) is 23.3. The summed E-state index contributed by atoms with van der Waals surface area (Å²) < 4.78 is 43.9. The van der Waals surface area contributed by atoms with Crippen molar-refractivity contribution < 1.29 is 17.6 Å². The summed E-state index contributed by atoms with van der Waals surface area (Å²) in [5.74, 6) is -0.323. The standard InChI is InChI=1S/C27H25BrFN3O3S2/c1-2-32(37(34,35)22-10-7-20(28)8-11-22)21-9-12-25-19(17-21)18-26(36-25)27(33)31-15-13-30(14-16-31)24-6-4-3-5-23(24)29/h3-12,17-18H,2,13-16H2,1H3. The van der Waals surface area contributed by atoms with Gasteiger partial charge in [-0.2, -0.15) is 0 Å². The monoisotopic (exact) mass is 601 g/mol. The zero-order chi connectivity index (χ0) is 26.2. The Morgan fingerprint density at radius 3 is 2.38 bits per heavy atom. The van der Waals surface area contributed by atoms with Crippen LogP contribution in [0.3, 0.4) is 0 Å². The average molecular weight is 603 g/mol.